The molecule has 0 aliphatic heterocycles. The molecule has 0 unspecified atom stereocenters. The van der Waals surface area contributed by atoms with Crippen LogP contribution >= 0.6 is 0 Å². The highest BCUT2D eigenvalue weighted by atomic mass is 16.5. The van der Waals surface area contributed by atoms with Crippen molar-refractivity contribution < 1.29 is 9.53 Å². The second kappa shape index (κ2) is 6.23. The van der Waals surface area contributed by atoms with E-state index in [1.54, 1.807) is 0 Å². The van der Waals surface area contributed by atoms with Crippen LogP contribution < -0.4 is 4.74 Å². The van der Waals surface area contributed by atoms with Crippen molar-refractivity contribution in [3.05, 3.63) is 78.4 Å². The number of para-hydroxylation sites is 1. The molecule has 0 bridgehead atoms. The number of fused-ring (bicyclic) bond motifs is 1. The molecule has 0 saturated heterocycles. The van der Waals surface area contributed by atoms with Gasteiger partial charge in [0, 0.05) is 6.42 Å². The van der Waals surface area contributed by atoms with E-state index in [-0.39, 0.29) is 12.4 Å². The first-order valence-electron chi connectivity index (χ1n) is 6.99. The predicted octanol–water partition coefficient (Wildman–Crippen LogP) is 4.03. The quantitative estimate of drug-likeness (QED) is 0.703. The topological polar surface area (TPSA) is 26.3 Å². The summed E-state index contributed by atoms with van der Waals surface area (Å²) in [6.45, 7) is 0.104. The van der Waals surface area contributed by atoms with Crippen LogP contribution in [0.15, 0.2) is 72.8 Å². The van der Waals surface area contributed by atoms with Gasteiger partial charge in [-0.15, -0.1) is 0 Å². The number of ether oxygens (including phenoxy) is 1. The smallest absolute Gasteiger partial charge is 0.174 e. The molecule has 0 fully saturated rings. The van der Waals surface area contributed by atoms with Gasteiger partial charge in [0.1, 0.15) is 12.4 Å². The first kappa shape index (κ1) is 13.4. The normalized spacial score (nSPS) is 10.5. The SMILES string of the molecule is O=C(COc1ccccc1)Cc1cccc2ccccc12. The first-order chi connectivity index (χ1) is 10.3. The molecule has 0 aromatic heterocycles. The molecule has 0 aliphatic rings. The molecule has 0 heterocycles. The van der Waals surface area contributed by atoms with Crippen LogP contribution in [0.2, 0.25) is 0 Å². The van der Waals surface area contributed by atoms with Crippen molar-refractivity contribution >= 4 is 16.6 Å². The van der Waals surface area contributed by atoms with Crippen LogP contribution in [-0.4, -0.2) is 12.4 Å². The fraction of sp³-hybridized carbons (Fsp3) is 0.105. The zero-order valence-electron chi connectivity index (χ0n) is 11.7. The van der Waals surface area contributed by atoms with E-state index in [1.807, 2.05) is 54.6 Å². The zero-order valence-corrected chi connectivity index (χ0v) is 11.7. The summed E-state index contributed by atoms with van der Waals surface area (Å²) in [5.74, 6) is 0.805. The number of benzene rings is 3. The number of ketones is 1. The second-order valence-electron chi connectivity index (χ2n) is 4.96. The monoisotopic (exact) mass is 276 g/mol. The van der Waals surface area contributed by atoms with Gasteiger partial charge in [0.05, 0.1) is 0 Å². The Bertz CT molecular complexity index is 742. The van der Waals surface area contributed by atoms with Crippen molar-refractivity contribution in [2.45, 2.75) is 6.42 Å². The standard InChI is InChI=1S/C19H16O2/c20-17(14-21-18-10-2-1-3-11-18)13-16-9-6-8-15-7-4-5-12-19(15)16/h1-12H,13-14H2. The number of carbonyl (C=O) groups is 1. The first-order valence-corrected chi connectivity index (χ1v) is 6.99. The molecule has 2 heteroatoms. The lowest BCUT2D eigenvalue weighted by atomic mass is 10.0. The minimum absolute atomic E-state index is 0.0789. The molecule has 3 aromatic carbocycles. The summed E-state index contributed by atoms with van der Waals surface area (Å²) in [4.78, 5) is 12.1. The summed E-state index contributed by atoms with van der Waals surface area (Å²) >= 11 is 0. The van der Waals surface area contributed by atoms with Gasteiger partial charge < -0.3 is 4.74 Å². The number of rotatable bonds is 5. The van der Waals surface area contributed by atoms with E-state index in [9.17, 15) is 4.79 Å². The third-order valence-electron chi connectivity index (χ3n) is 3.41. The average Bonchev–Trinajstić information content (AvgIpc) is 2.54. The summed E-state index contributed by atoms with van der Waals surface area (Å²) in [6.07, 6.45) is 0.397. The van der Waals surface area contributed by atoms with Crippen LogP contribution in [0.1, 0.15) is 5.56 Å². The lowest BCUT2D eigenvalue weighted by Crippen LogP contribution is -2.13. The third-order valence-corrected chi connectivity index (χ3v) is 3.41. The molecule has 0 N–H and O–H groups in total. The van der Waals surface area contributed by atoms with Gasteiger partial charge in [0.15, 0.2) is 5.78 Å². The highest BCUT2D eigenvalue weighted by molar-refractivity contribution is 5.91. The van der Waals surface area contributed by atoms with Crippen molar-refractivity contribution in [1.29, 1.82) is 0 Å². The Morgan fingerprint density at radius 1 is 0.810 bits per heavy atom. The van der Waals surface area contributed by atoms with Crippen molar-refractivity contribution in [2.75, 3.05) is 6.61 Å². The molecule has 0 saturated carbocycles. The maximum absolute atomic E-state index is 12.1. The van der Waals surface area contributed by atoms with Gasteiger partial charge in [-0.25, -0.2) is 0 Å². The highest BCUT2D eigenvalue weighted by Gasteiger charge is 2.07. The number of hydrogen-bond acceptors (Lipinski definition) is 2. The Morgan fingerprint density at radius 2 is 1.52 bits per heavy atom. The summed E-state index contributed by atoms with van der Waals surface area (Å²) in [5.41, 5.74) is 1.05. The maximum atomic E-state index is 12.1. The Labute approximate surface area is 124 Å². The van der Waals surface area contributed by atoms with Gasteiger partial charge in [-0.2, -0.15) is 0 Å². The van der Waals surface area contributed by atoms with Gasteiger partial charge in [-0.3, -0.25) is 4.79 Å². The van der Waals surface area contributed by atoms with E-state index >= 15 is 0 Å². The van der Waals surface area contributed by atoms with Gasteiger partial charge >= 0.3 is 0 Å². The largest absolute Gasteiger partial charge is 0.486 e. The lowest BCUT2D eigenvalue weighted by Gasteiger charge is -2.07. The molecule has 0 aliphatic carbocycles. The second-order valence-corrected chi connectivity index (χ2v) is 4.96. The molecular weight excluding hydrogens is 260 g/mol. The van der Waals surface area contributed by atoms with E-state index in [0.29, 0.717) is 6.42 Å². The van der Waals surface area contributed by atoms with Crippen LogP contribution in [0.3, 0.4) is 0 Å². The number of carbonyl (C=O) groups excluding carboxylic acids is 1. The number of Topliss-reactive ketones (excluding diaryl/α,β-unsaturated/α-hetero) is 1. The molecule has 21 heavy (non-hydrogen) atoms. The van der Waals surface area contributed by atoms with Crippen LogP contribution in [0.5, 0.6) is 5.75 Å². The maximum Gasteiger partial charge on any atom is 0.174 e. The van der Waals surface area contributed by atoms with Crippen molar-refractivity contribution in [3.8, 4) is 5.75 Å². The van der Waals surface area contributed by atoms with Crippen molar-refractivity contribution in [2.24, 2.45) is 0 Å². The molecule has 0 spiro atoms. The molecule has 0 atom stereocenters. The molecule has 0 radical (unpaired) electrons. The molecule has 0 amide bonds. The van der Waals surface area contributed by atoms with Crippen molar-refractivity contribution in [3.63, 3.8) is 0 Å². The zero-order chi connectivity index (χ0) is 14.5. The van der Waals surface area contributed by atoms with Crippen LogP contribution in [0.25, 0.3) is 10.8 Å². The average molecular weight is 276 g/mol. The fourth-order valence-corrected chi connectivity index (χ4v) is 2.39. The minimum Gasteiger partial charge on any atom is -0.486 e. The third kappa shape index (κ3) is 3.29. The molecular formula is C19H16O2. The van der Waals surface area contributed by atoms with Gasteiger partial charge in [0.2, 0.25) is 0 Å². The molecule has 104 valence electrons. The van der Waals surface area contributed by atoms with Gasteiger partial charge in [-0.1, -0.05) is 60.7 Å². The Morgan fingerprint density at radius 3 is 2.38 bits per heavy atom. The summed E-state index contributed by atoms with van der Waals surface area (Å²) in [6, 6.07) is 23.6. The van der Waals surface area contributed by atoms with E-state index < -0.39 is 0 Å². The van der Waals surface area contributed by atoms with E-state index in [1.165, 1.54) is 0 Å². The van der Waals surface area contributed by atoms with Crippen LogP contribution in [0, 0.1) is 0 Å². The van der Waals surface area contributed by atoms with Gasteiger partial charge in [-0.05, 0) is 28.5 Å². The van der Waals surface area contributed by atoms with Crippen LogP contribution in [-0.2, 0) is 11.2 Å². The predicted molar refractivity (Wildman–Crippen MR) is 84.6 cm³/mol. The van der Waals surface area contributed by atoms with E-state index in [0.717, 1.165) is 22.1 Å². The molecule has 3 aromatic rings. The van der Waals surface area contributed by atoms with Crippen LogP contribution in [0.4, 0.5) is 0 Å². The van der Waals surface area contributed by atoms with E-state index in [4.69, 9.17) is 4.74 Å². The molecule has 3 rings (SSSR count). The summed E-state index contributed by atoms with van der Waals surface area (Å²) in [7, 11) is 0. The highest BCUT2D eigenvalue weighted by Crippen LogP contribution is 2.19. The lowest BCUT2D eigenvalue weighted by molar-refractivity contribution is -0.120. The Kier molecular flexibility index (Phi) is 3.97. The summed E-state index contributed by atoms with van der Waals surface area (Å²) in [5, 5.41) is 2.29. The fourth-order valence-electron chi connectivity index (χ4n) is 2.39. The Balaban J connectivity index is 1.69. The minimum atomic E-state index is 0.0789. The Hall–Kier alpha value is -2.61. The van der Waals surface area contributed by atoms with Gasteiger partial charge in [0.25, 0.3) is 0 Å². The summed E-state index contributed by atoms with van der Waals surface area (Å²) < 4.78 is 5.50. The van der Waals surface area contributed by atoms with Crippen molar-refractivity contribution in [1.82, 2.24) is 0 Å². The number of hydrogen-bond donors (Lipinski definition) is 0. The van der Waals surface area contributed by atoms with E-state index in [2.05, 4.69) is 18.2 Å². The molecule has 2 nitrogen and oxygen atoms in total.